The van der Waals surface area contributed by atoms with Crippen LogP contribution in [0.15, 0.2) is 18.2 Å². The van der Waals surface area contributed by atoms with Gasteiger partial charge >= 0.3 is 6.03 Å². The second-order valence-electron chi connectivity index (χ2n) is 6.31. The number of ether oxygens (including phenoxy) is 2. The van der Waals surface area contributed by atoms with Crippen LogP contribution in [0.25, 0.3) is 0 Å². The minimum absolute atomic E-state index is 0.135. The minimum Gasteiger partial charge on any atom is -0.490 e. The van der Waals surface area contributed by atoms with Gasteiger partial charge in [-0.15, -0.1) is 0 Å². The molecular formula is C19H29N3O4. The molecule has 0 saturated heterocycles. The summed E-state index contributed by atoms with van der Waals surface area (Å²) in [4.78, 5) is 23.9. The first-order valence-corrected chi connectivity index (χ1v) is 9.36. The quantitative estimate of drug-likeness (QED) is 0.650. The molecule has 0 atom stereocenters. The number of hydrazine groups is 1. The van der Waals surface area contributed by atoms with Crippen LogP contribution >= 0.6 is 0 Å². The molecule has 0 bridgehead atoms. The van der Waals surface area contributed by atoms with Crippen molar-refractivity contribution in [1.82, 2.24) is 16.2 Å². The number of amides is 3. The van der Waals surface area contributed by atoms with Crippen LogP contribution in [0.5, 0.6) is 11.5 Å². The van der Waals surface area contributed by atoms with Gasteiger partial charge in [0, 0.05) is 6.04 Å². The highest BCUT2D eigenvalue weighted by molar-refractivity contribution is 5.82. The maximum absolute atomic E-state index is 12.1. The second-order valence-corrected chi connectivity index (χ2v) is 6.31. The molecule has 1 aliphatic rings. The van der Waals surface area contributed by atoms with Crippen LogP contribution in [-0.4, -0.2) is 31.2 Å². The zero-order chi connectivity index (χ0) is 18.8. The summed E-state index contributed by atoms with van der Waals surface area (Å²) in [5, 5.41) is 2.88. The fourth-order valence-electron chi connectivity index (χ4n) is 3.03. The van der Waals surface area contributed by atoms with Crippen LogP contribution in [0, 0.1) is 0 Å². The van der Waals surface area contributed by atoms with Crippen LogP contribution in [-0.2, 0) is 11.2 Å². The molecule has 1 fully saturated rings. The van der Waals surface area contributed by atoms with Crippen molar-refractivity contribution in [2.75, 3.05) is 13.2 Å². The lowest BCUT2D eigenvalue weighted by Gasteiger charge is -2.22. The monoisotopic (exact) mass is 363 g/mol. The lowest BCUT2D eigenvalue weighted by Crippen LogP contribution is -2.50. The normalized spacial score (nSPS) is 14.4. The van der Waals surface area contributed by atoms with Crippen LogP contribution in [0.2, 0.25) is 0 Å². The van der Waals surface area contributed by atoms with Crippen molar-refractivity contribution in [2.24, 2.45) is 0 Å². The molecule has 0 spiro atoms. The van der Waals surface area contributed by atoms with Gasteiger partial charge in [0.15, 0.2) is 11.5 Å². The number of hydrogen-bond donors (Lipinski definition) is 3. The van der Waals surface area contributed by atoms with Crippen molar-refractivity contribution < 1.29 is 19.1 Å². The molecule has 1 aromatic carbocycles. The number of hydrogen-bond acceptors (Lipinski definition) is 4. The van der Waals surface area contributed by atoms with Gasteiger partial charge in [-0.05, 0) is 44.4 Å². The molecule has 0 aliphatic heterocycles. The largest absolute Gasteiger partial charge is 0.490 e. The van der Waals surface area contributed by atoms with Gasteiger partial charge in [-0.3, -0.25) is 10.2 Å². The van der Waals surface area contributed by atoms with E-state index in [4.69, 9.17) is 9.47 Å². The molecule has 0 unspecified atom stereocenters. The summed E-state index contributed by atoms with van der Waals surface area (Å²) in [5.74, 6) is 0.974. The number of nitrogens with one attached hydrogen (secondary N) is 3. The molecule has 0 aromatic heterocycles. The van der Waals surface area contributed by atoms with Gasteiger partial charge in [0.1, 0.15) is 0 Å². The average Bonchev–Trinajstić information content (AvgIpc) is 2.63. The zero-order valence-electron chi connectivity index (χ0n) is 15.6. The van der Waals surface area contributed by atoms with Crippen LogP contribution in [0.4, 0.5) is 4.79 Å². The van der Waals surface area contributed by atoms with E-state index in [1.807, 2.05) is 19.9 Å². The Hall–Kier alpha value is -2.44. The Bertz CT molecular complexity index is 600. The van der Waals surface area contributed by atoms with E-state index in [-0.39, 0.29) is 24.4 Å². The third kappa shape index (κ3) is 6.46. The minimum atomic E-state index is -0.369. The van der Waals surface area contributed by atoms with E-state index in [1.54, 1.807) is 12.1 Å². The molecule has 0 radical (unpaired) electrons. The Morgan fingerprint density at radius 3 is 2.38 bits per heavy atom. The average molecular weight is 363 g/mol. The molecule has 144 valence electrons. The smallest absolute Gasteiger partial charge is 0.333 e. The number of urea groups is 1. The summed E-state index contributed by atoms with van der Waals surface area (Å²) in [5.41, 5.74) is 5.64. The number of carbonyl (C=O) groups excluding carboxylic acids is 2. The van der Waals surface area contributed by atoms with Crippen molar-refractivity contribution in [3.8, 4) is 11.5 Å². The molecule has 3 N–H and O–H groups in total. The van der Waals surface area contributed by atoms with E-state index >= 15 is 0 Å². The fourth-order valence-corrected chi connectivity index (χ4v) is 3.03. The van der Waals surface area contributed by atoms with E-state index in [2.05, 4.69) is 16.2 Å². The summed E-state index contributed by atoms with van der Waals surface area (Å²) in [6, 6.07) is 5.22. The second kappa shape index (κ2) is 10.5. The summed E-state index contributed by atoms with van der Waals surface area (Å²) in [6.45, 7) is 4.85. The predicted molar refractivity (Wildman–Crippen MR) is 99.2 cm³/mol. The predicted octanol–water partition coefficient (Wildman–Crippen LogP) is 2.69. The molecule has 7 nitrogen and oxygen atoms in total. The maximum Gasteiger partial charge on any atom is 0.333 e. The van der Waals surface area contributed by atoms with E-state index in [0.717, 1.165) is 31.2 Å². The highest BCUT2D eigenvalue weighted by Crippen LogP contribution is 2.28. The van der Waals surface area contributed by atoms with E-state index < -0.39 is 0 Å². The van der Waals surface area contributed by atoms with E-state index in [9.17, 15) is 9.59 Å². The van der Waals surface area contributed by atoms with Crippen molar-refractivity contribution in [2.45, 2.75) is 58.4 Å². The summed E-state index contributed by atoms with van der Waals surface area (Å²) in [6.07, 6.45) is 5.62. The Morgan fingerprint density at radius 1 is 1.00 bits per heavy atom. The summed E-state index contributed by atoms with van der Waals surface area (Å²) >= 11 is 0. The number of rotatable bonds is 7. The first-order chi connectivity index (χ1) is 12.6. The summed E-state index contributed by atoms with van der Waals surface area (Å²) < 4.78 is 11.1. The zero-order valence-corrected chi connectivity index (χ0v) is 15.6. The standard InChI is InChI=1S/C19H29N3O4/c1-3-25-16-11-10-14(12-17(16)26-4-2)13-18(23)21-22-19(24)20-15-8-6-5-7-9-15/h10-12,15H,3-9,13H2,1-2H3,(H,21,23)(H2,20,22,24). The third-order valence-corrected chi connectivity index (χ3v) is 4.23. The van der Waals surface area contributed by atoms with Crippen LogP contribution in [0.3, 0.4) is 0 Å². The highest BCUT2D eigenvalue weighted by Gasteiger charge is 2.16. The van der Waals surface area contributed by atoms with Crippen LogP contribution < -0.4 is 25.6 Å². The van der Waals surface area contributed by atoms with Crippen molar-refractivity contribution in [3.05, 3.63) is 23.8 Å². The Kier molecular flexibility index (Phi) is 8.05. The van der Waals surface area contributed by atoms with E-state index in [1.165, 1.54) is 6.42 Å². The van der Waals surface area contributed by atoms with Gasteiger partial charge in [0.2, 0.25) is 5.91 Å². The van der Waals surface area contributed by atoms with Crippen molar-refractivity contribution in [3.63, 3.8) is 0 Å². The third-order valence-electron chi connectivity index (χ3n) is 4.23. The topological polar surface area (TPSA) is 88.7 Å². The van der Waals surface area contributed by atoms with Gasteiger partial charge < -0.3 is 14.8 Å². The van der Waals surface area contributed by atoms with Gasteiger partial charge in [-0.2, -0.15) is 0 Å². The molecule has 26 heavy (non-hydrogen) atoms. The van der Waals surface area contributed by atoms with E-state index in [0.29, 0.717) is 24.7 Å². The number of carbonyl (C=O) groups is 2. The first kappa shape index (κ1) is 19.9. The molecular weight excluding hydrogens is 334 g/mol. The van der Waals surface area contributed by atoms with Crippen LogP contribution in [0.1, 0.15) is 51.5 Å². The molecule has 3 amide bonds. The molecule has 1 aromatic rings. The van der Waals surface area contributed by atoms with Crippen molar-refractivity contribution in [1.29, 1.82) is 0 Å². The molecule has 2 rings (SSSR count). The summed E-state index contributed by atoms with van der Waals surface area (Å²) in [7, 11) is 0. The Balaban J connectivity index is 1.81. The lowest BCUT2D eigenvalue weighted by atomic mass is 9.96. The van der Waals surface area contributed by atoms with Gasteiger partial charge in [0.25, 0.3) is 0 Å². The molecule has 0 heterocycles. The Labute approximate surface area is 154 Å². The number of benzene rings is 1. The van der Waals surface area contributed by atoms with Gasteiger partial charge in [-0.1, -0.05) is 25.3 Å². The molecule has 1 saturated carbocycles. The maximum atomic E-state index is 12.1. The highest BCUT2D eigenvalue weighted by atomic mass is 16.5. The fraction of sp³-hybridized carbons (Fsp3) is 0.579. The lowest BCUT2D eigenvalue weighted by molar-refractivity contribution is -0.121. The first-order valence-electron chi connectivity index (χ1n) is 9.36. The Morgan fingerprint density at radius 2 is 1.69 bits per heavy atom. The van der Waals surface area contributed by atoms with Gasteiger partial charge in [-0.25, -0.2) is 10.2 Å². The SMILES string of the molecule is CCOc1ccc(CC(=O)NNC(=O)NC2CCCCC2)cc1OCC. The van der Waals surface area contributed by atoms with Crippen molar-refractivity contribution >= 4 is 11.9 Å². The molecule has 1 aliphatic carbocycles. The van der Waals surface area contributed by atoms with Gasteiger partial charge in [0.05, 0.1) is 19.6 Å². The molecule has 7 heteroatoms.